The van der Waals surface area contributed by atoms with E-state index in [1.54, 1.807) is 6.20 Å². The van der Waals surface area contributed by atoms with Crippen LogP contribution in [0.2, 0.25) is 0 Å². The molecule has 0 radical (unpaired) electrons. The summed E-state index contributed by atoms with van der Waals surface area (Å²) in [5, 5.41) is 4.24. The van der Waals surface area contributed by atoms with Crippen molar-refractivity contribution in [2.45, 2.75) is 31.2 Å². The van der Waals surface area contributed by atoms with Crippen molar-refractivity contribution in [3.05, 3.63) is 57.6 Å². The molecule has 4 heterocycles. The SMILES string of the molecule is Cn1nccc1Cc1c(C(N)=O)nc2n1C1CC(C1)c1ccc(Br)cc1-2. The maximum atomic E-state index is 12.2. The van der Waals surface area contributed by atoms with E-state index in [4.69, 9.17) is 10.7 Å². The van der Waals surface area contributed by atoms with E-state index in [0.717, 1.165) is 40.1 Å². The van der Waals surface area contributed by atoms with Crippen LogP contribution in [0.1, 0.15) is 52.2 Å². The number of amides is 1. The Kier molecular flexibility index (Phi) is 3.37. The van der Waals surface area contributed by atoms with Crippen LogP contribution in [-0.2, 0) is 13.5 Å². The average molecular weight is 412 g/mol. The summed E-state index contributed by atoms with van der Waals surface area (Å²) in [5.74, 6) is 0.943. The smallest absolute Gasteiger partial charge is 0.269 e. The molecule has 3 aromatic rings. The van der Waals surface area contributed by atoms with Gasteiger partial charge in [0.2, 0.25) is 0 Å². The van der Waals surface area contributed by atoms with Gasteiger partial charge in [-0.05, 0) is 42.5 Å². The highest BCUT2D eigenvalue weighted by Crippen LogP contribution is 2.53. The van der Waals surface area contributed by atoms with Gasteiger partial charge in [0.25, 0.3) is 5.91 Å². The van der Waals surface area contributed by atoms with Crippen LogP contribution < -0.4 is 5.73 Å². The number of hydrogen-bond donors (Lipinski definition) is 1. The van der Waals surface area contributed by atoms with Crippen LogP contribution in [0.3, 0.4) is 0 Å². The monoisotopic (exact) mass is 411 g/mol. The molecule has 0 spiro atoms. The summed E-state index contributed by atoms with van der Waals surface area (Å²) >= 11 is 3.57. The zero-order valence-corrected chi connectivity index (χ0v) is 15.9. The predicted molar refractivity (Wildman–Crippen MR) is 101 cm³/mol. The number of carbonyl (C=O) groups is 1. The Morgan fingerprint density at radius 1 is 1.35 bits per heavy atom. The van der Waals surface area contributed by atoms with E-state index in [1.807, 2.05) is 17.8 Å². The largest absolute Gasteiger partial charge is 0.364 e. The van der Waals surface area contributed by atoms with Gasteiger partial charge in [-0.1, -0.05) is 22.0 Å². The fourth-order valence-corrected chi connectivity index (χ4v) is 4.65. The summed E-state index contributed by atoms with van der Waals surface area (Å²) in [6.45, 7) is 0. The lowest BCUT2D eigenvalue weighted by atomic mass is 9.75. The lowest BCUT2D eigenvalue weighted by molar-refractivity contribution is 0.0994. The summed E-state index contributed by atoms with van der Waals surface area (Å²) in [5.41, 5.74) is 10.4. The van der Waals surface area contributed by atoms with Crippen LogP contribution in [-0.4, -0.2) is 25.2 Å². The lowest BCUT2D eigenvalue weighted by Crippen LogP contribution is -2.25. The van der Waals surface area contributed by atoms with Gasteiger partial charge in [-0.15, -0.1) is 0 Å². The molecule has 2 aromatic heterocycles. The Hall–Kier alpha value is -2.41. The number of aryl methyl sites for hydroxylation is 1. The zero-order chi connectivity index (χ0) is 18.0. The highest BCUT2D eigenvalue weighted by Gasteiger charge is 2.41. The summed E-state index contributed by atoms with van der Waals surface area (Å²) in [4.78, 5) is 16.9. The standard InChI is InChI=1S/C19H18BrN5O/c1-24-12(4-5-22-24)9-16-17(18(21)26)23-19-15-8-11(20)2-3-14(15)10-6-13(7-10)25(16)19/h2-5,8,10,13H,6-7,9H2,1H3,(H2,21,26). The fourth-order valence-electron chi connectivity index (χ4n) is 4.29. The van der Waals surface area contributed by atoms with E-state index in [0.29, 0.717) is 24.1 Å². The number of nitrogens with zero attached hydrogens (tertiary/aromatic N) is 4. The summed E-state index contributed by atoms with van der Waals surface area (Å²) in [7, 11) is 1.91. The molecule has 0 saturated heterocycles. The molecule has 1 fully saturated rings. The number of nitrogens with two attached hydrogens (primary N) is 1. The highest BCUT2D eigenvalue weighted by molar-refractivity contribution is 9.10. The molecule has 6 rings (SSSR count). The molecule has 2 bridgehead atoms. The van der Waals surface area contributed by atoms with Gasteiger partial charge in [-0.25, -0.2) is 4.98 Å². The minimum absolute atomic E-state index is 0.366. The van der Waals surface area contributed by atoms with Crippen LogP contribution in [0.4, 0.5) is 0 Å². The molecule has 1 aliphatic carbocycles. The third kappa shape index (κ3) is 2.19. The van der Waals surface area contributed by atoms with Gasteiger partial charge in [-0.3, -0.25) is 9.48 Å². The quantitative estimate of drug-likeness (QED) is 0.718. The predicted octanol–water partition coefficient (Wildman–Crippen LogP) is 3.17. The first kappa shape index (κ1) is 15.8. The number of halogens is 1. The lowest BCUT2D eigenvalue weighted by Gasteiger charge is -2.35. The van der Waals surface area contributed by atoms with Gasteiger partial charge in [0.15, 0.2) is 0 Å². The van der Waals surface area contributed by atoms with Crippen LogP contribution in [0.25, 0.3) is 11.4 Å². The first-order chi connectivity index (χ1) is 12.5. The number of benzene rings is 1. The van der Waals surface area contributed by atoms with Crippen molar-refractivity contribution in [1.82, 2.24) is 19.3 Å². The van der Waals surface area contributed by atoms with Crippen LogP contribution >= 0.6 is 15.9 Å². The number of rotatable bonds is 3. The van der Waals surface area contributed by atoms with E-state index in [1.165, 1.54) is 5.56 Å². The van der Waals surface area contributed by atoms with Gasteiger partial charge < -0.3 is 10.3 Å². The third-order valence-electron chi connectivity index (χ3n) is 5.69. The molecular weight excluding hydrogens is 394 g/mol. The van der Waals surface area contributed by atoms with Crippen molar-refractivity contribution >= 4 is 21.8 Å². The second-order valence-electron chi connectivity index (χ2n) is 7.14. The normalized spacial score (nSPS) is 20.1. The Morgan fingerprint density at radius 3 is 2.85 bits per heavy atom. The molecule has 1 aromatic carbocycles. The van der Waals surface area contributed by atoms with E-state index in [9.17, 15) is 4.79 Å². The molecule has 1 saturated carbocycles. The molecule has 132 valence electrons. The summed E-state index contributed by atoms with van der Waals surface area (Å²) < 4.78 is 5.09. The number of primary amides is 1. The van der Waals surface area contributed by atoms with Crippen LogP contribution in [0, 0.1) is 0 Å². The van der Waals surface area contributed by atoms with Gasteiger partial charge in [-0.2, -0.15) is 5.10 Å². The van der Waals surface area contributed by atoms with Gasteiger partial charge in [0.05, 0.1) is 5.69 Å². The summed E-state index contributed by atoms with van der Waals surface area (Å²) in [6, 6.07) is 8.69. The molecule has 2 N–H and O–H groups in total. The van der Waals surface area contributed by atoms with Crippen molar-refractivity contribution in [2.24, 2.45) is 12.8 Å². The highest BCUT2D eigenvalue weighted by atomic mass is 79.9. The number of imidazole rings is 1. The third-order valence-corrected chi connectivity index (χ3v) is 6.18. The molecule has 26 heavy (non-hydrogen) atoms. The molecule has 3 aliphatic rings. The summed E-state index contributed by atoms with van der Waals surface area (Å²) in [6.07, 6.45) is 4.51. The van der Waals surface area contributed by atoms with Crippen molar-refractivity contribution in [2.75, 3.05) is 0 Å². The maximum Gasteiger partial charge on any atom is 0.269 e. The Balaban J connectivity index is 1.75. The topological polar surface area (TPSA) is 78.7 Å². The maximum absolute atomic E-state index is 12.2. The molecule has 0 unspecified atom stereocenters. The van der Waals surface area contributed by atoms with Crippen molar-refractivity contribution < 1.29 is 4.79 Å². The molecule has 6 nitrogen and oxygen atoms in total. The average Bonchev–Trinajstić information content (AvgIpc) is 3.06. The van der Waals surface area contributed by atoms with Gasteiger partial charge >= 0.3 is 0 Å². The first-order valence-corrected chi connectivity index (χ1v) is 9.50. The molecular formula is C19H18BrN5O. The Bertz CT molecular complexity index is 1040. The first-order valence-electron chi connectivity index (χ1n) is 8.70. The second kappa shape index (κ2) is 5.54. The Morgan fingerprint density at radius 2 is 2.15 bits per heavy atom. The van der Waals surface area contributed by atoms with Crippen LogP contribution in [0.5, 0.6) is 0 Å². The molecule has 0 atom stereocenters. The van der Waals surface area contributed by atoms with Gasteiger partial charge in [0, 0.05) is 41.4 Å². The van der Waals surface area contributed by atoms with E-state index in [2.05, 4.69) is 43.8 Å². The van der Waals surface area contributed by atoms with E-state index < -0.39 is 5.91 Å². The fraction of sp³-hybridized carbons (Fsp3) is 0.316. The zero-order valence-electron chi connectivity index (χ0n) is 14.3. The second-order valence-corrected chi connectivity index (χ2v) is 8.06. The van der Waals surface area contributed by atoms with Crippen molar-refractivity contribution in [3.63, 3.8) is 0 Å². The Labute approximate surface area is 159 Å². The minimum atomic E-state index is -0.477. The molecule has 7 heteroatoms. The number of hydrogen-bond acceptors (Lipinski definition) is 3. The minimum Gasteiger partial charge on any atom is -0.364 e. The molecule has 1 amide bonds. The molecule has 2 aliphatic heterocycles. The van der Waals surface area contributed by atoms with Crippen molar-refractivity contribution in [3.8, 4) is 11.4 Å². The van der Waals surface area contributed by atoms with Crippen molar-refractivity contribution in [1.29, 1.82) is 0 Å². The number of carbonyl (C=O) groups excluding carboxylic acids is 1. The van der Waals surface area contributed by atoms with Gasteiger partial charge in [0.1, 0.15) is 11.5 Å². The van der Waals surface area contributed by atoms with Crippen LogP contribution in [0.15, 0.2) is 34.9 Å². The number of aromatic nitrogens is 4. The van der Waals surface area contributed by atoms with E-state index >= 15 is 0 Å². The van der Waals surface area contributed by atoms with E-state index in [-0.39, 0.29) is 0 Å².